The van der Waals surface area contributed by atoms with Gasteiger partial charge in [0.05, 0.1) is 19.9 Å². The molecule has 124 valence electrons. The summed E-state index contributed by atoms with van der Waals surface area (Å²) in [5, 5.41) is 9.54. The van der Waals surface area contributed by atoms with Crippen molar-refractivity contribution < 1.29 is 9.47 Å². The van der Waals surface area contributed by atoms with Crippen LogP contribution in [0.25, 0.3) is 22.4 Å². The summed E-state index contributed by atoms with van der Waals surface area (Å²) in [5.74, 6) is 1.46. The van der Waals surface area contributed by atoms with E-state index in [-0.39, 0.29) is 5.82 Å². The van der Waals surface area contributed by atoms with E-state index in [1.54, 1.807) is 20.3 Å². The predicted molar refractivity (Wildman–Crippen MR) is 97.3 cm³/mol. The van der Waals surface area contributed by atoms with Crippen LogP contribution in [0.15, 0.2) is 54.6 Å². The lowest BCUT2D eigenvalue weighted by Gasteiger charge is -2.12. The fourth-order valence-electron chi connectivity index (χ4n) is 2.63. The Bertz CT molecular complexity index is 925. The van der Waals surface area contributed by atoms with E-state index in [1.807, 2.05) is 48.5 Å². The van der Waals surface area contributed by atoms with Crippen LogP contribution in [0.2, 0.25) is 0 Å². The number of ether oxygens (including phenoxy) is 2. The van der Waals surface area contributed by atoms with Gasteiger partial charge in [-0.25, -0.2) is 4.98 Å². The number of nitriles is 1. The molecule has 2 aromatic carbocycles. The summed E-state index contributed by atoms with van der Waals surface area (Å²) in [7, 11) is 3.17. The zero-order valence-corrected chi connectivity index (χ0v) is 14.0. The lowest BCUT2D eigenvalue weighted by atomic mass is 9.98. The smallest absolute Gasteiger partial charge is 0.142 e. The zero-order chi connectivity index (χ0) is 17.8. The summed E-state index contributed by atoms with van der Waals surface area (Å²) < 4.78 is 10.7. The summed E-state index contributed by atoms with van der Waals surface area (Å²) in [6, 6.07) is 19.2. The third kappa shape index (κ3) is 3.24. The molecule has 2 N–H and O–H groups in total. The normalized spacial score (nSPS) is 10.1. The number of nitrogens with zero attached hydrogens (tertiary/aromatic N) is 2. The summed E-state index contributed by atoms with van der Waals surface area (Å²) in [5.41, 5.74) is 9.47. The molecule has 0 spiro atoms. The molecule has 0 saturated carbocycles. The highest BCUT2D eigenvalue weighted by Gasteiger charge is 2.15. The van der Waals surface area contributed by atoms with Gasteiger partial charge in [0.25, 0.3) is 0 Å². The first kappa shape index (κ1) is 16.3. The van der Waals surface area contributed by atoms with Crippen LogP contribution in [0, 0.1) is 11.3 Å². The van der Waals surface area contributed by atoms with Crippen molar-refractivity contribution in [2.24, 2.45) is 0 Å². The molecule has 5 heteroatoms. The second-order valence-corrected chi connectivity index (χ2v) is 5.39. The van der Waals surface area contributed by atoms with E-state index in [0.717, 1.165) is 11.1 Å². The molecule has 1 heterocycles. The van der Waals surface area contributed by atoms with Gasteiger partial charge < -0.3 is 15.2 Å². The van der Waals surface area contributed by atoms with E-state index < -0.39 is 0 Å². The van der Waals surface area contributed by atoms with Crippen LogP contribution >= 0.6 is 0 Å². The molecule has 0 bridgehead atoms. The molecular weight excluding hydrogens is 314 g/mol. The Hall–Kier alpha value is -3.52. The third-order valence-corrected chi connectivity index (χ3v) is 3.89. The number of hydrogen-bond donors (Lipinski definition) is 1. The average molecular weight is 331 g/mol. The minimum Gasteiger partial charge on any atom is -0.497 e. The maximum atomic E-state index is 9.54. The number of methoxy groups -OCH3 is 2. The van der Waals surface area contributed by atoms with Crippen molar-refractivity contribution in [3.8, 4) is 40.0 Å². The highest BCUT2D eigenvalue weighted by molar-refractivity contribution is 5.81. The number of pyridine rings is 1. The van der Waals surface area contributed by atoms with Crippen molar-refractivity contribution in [2.75, 3.05) is 20.0 Å². The van der Waals surface area contributed by atoms with Gasteiger partial charge >= 0.3 is 0 Å². The molecule has 3 rings (SSSR count). The predicted octanol–water partition coefficient (Wildman–Crippen LogP) is 3.89. The zero-order valence-electron chi connectivity index (χ0n) is 14.0. The van der Waals surface area contributed by atoms with Crippen LogP contribution in [-0.2, 0) is 0 Å². The first-order valence-corrected chi connectivity index (χ1v) is 7.65. The van der Waals surface area contributed by atoms with Crippen LogP contribution in [0.1, 0.15) is 5.56 Å². The second-order valence-electron chi connectivity index (χ2n) is 5.39. The van der Waals surface area contributed by atoms with Gasteiger partial charge in [0.2, 0.25) is 0 Å². The standard InChI is InChI=1S/C20H17N3O2/c1-24-15-8-14(9-16(10-15)25-2)17-11-19(13-6-4-3-5-7-13)23-20(22)18(17)12-21/h3-11H,1-2H3,(H2,22,23). The summed E-state index contributed by atoms with van der Waals surface area (Å²) >= 11 is 0. The molecule has 0 aliphatic heterocycles. The molecule has 0 amide bonds. The SMILES string of the molecule is COc1cc(OC)cc(-c2cc(-c3ccccc3)nc(N)c2C#N)c1. The molecule has 3 aromatic rings. The molecule has 0 unspecified atom stereocenters. The highest BCUT2D eigenvalue weighted by atomic mass is 16.5. The number of nitrogen functional groups attached to an aromatic ring is 1. The van der Waals surface area contributed by atoms with Crippen molar-refractivity contribution in [3.05, 3.63) is 60.2 Å². The maximum Gasteiger partial charge on any atom is 0.142 e. The Morgan fingerprint density at radius 1 is 0.920 bits per heavy atom. The van der Waals surface area contributed by atoms with Gasteiger partial charge in [-0.15, -0.1) is 0 Å². The summed E-state index contributed by atoms with van der Waals surface area (Å²) in [6.45, 7) is 0. The van der Waals surface area contributed by atoms with Gasteiger partial charge in [0, 0.05) is 17.2 Å². The molecule has 0 fully saturated rings. The van der Waals surface area contributed by atoms with E-state index in [2.05, 4.69) is 11.1 Å². The largest absolute Gasteiger partial charge is 0.497 e. The van der Waals surface area contributed by atoms with E-state index in [9.17, 15) is 5.26 Å². The Labute approximate surface area is 146 Å². The molecular formula is C20H17N3O2. The van der Waals surface area contributed by atoms with Crippen molar-refractivity contribution in [3.63, 3.8) is 0 Å². The fraction of sp³-hybridized carbons (Fsp3) is 0.100. The minimum absolute atomic E-state index is 0.195. The molecule has 5 nitrogen and oxygen atoms in total. The van der Waals surface area contributed by atoms with Crippen molar-refractivity contribution in [2.45, 2.75) is 0 Å². The maximum absolute atomic E-state index is 9.54. The highest BCUT2D eigenvalue weighted by Crippen LogP contribution is 2.35. The number of aromatic nitrogens is 1. The number of nitrogens with two attached hydrogens (primary N) is 1. The van der Waals surface area contributed by atoms with Gasteiger partial charge in [0.1, 0.15) is 28.9 Å². The average Bonchev–Trinajstić information content (AvgIpc) is 2.67. The Kier molecular flexibility index (Phi) is 4.53. The Morgan fingerprint density at radius 3 is 2.12 bits per heavy atom. The first-order chi connectivity index (χ1) is 12.2. The number of benzene rings is 2. The lowest BCUT2D eigenvalue weighted by Crippen LogP contribution is -2.00. The topological polar surface area (TPSA) is 81.2 Å². The van der Waals surface area contributed by atoms with Crippen molar-refractivity contribution in [1.82, 2.24) is 4.98 Å². The second kappa shape index (κ2) is 6.93. The number of hydrogen-bond acceptors (Lipinski definition) is 5. The molecule has 0 atom stereocenters. The molecule has 0 aliphatic carbocycles. The van der Waals surface area contributed by atoms with Gasteiger partial charge in [-0.05, 0) is 23.8 Å². The Morgan fingerprint density at radius 2 is 1.56 bits per heavy atom. The molecule has 25 heavy (non-hydrogen) atoms. The van der Waals surface area contributed by atoms with Crippen molar-refractivity contribution >= 4 is 5.82 Å². The number of anilines is 1. The van der Waals surface area contributed by atoms with E-state index >= 15 is 0 Å². The first-order valence-electron chi connectivity index (χ1n) is 7.65. The van der Waals surface area contributed by atoms with E-state index in [1.165, 1.54) is 0 Å². The Balaban J connectivity index is 2.25. The van der Waals surface area contributed by atoms with E-state index in [0.29, 0.717) is 28.3 Å². The monoisotopic (exact) mass is 331 g/mol. The van der Waals surface area contributed by atoms with Crippen LogP contribution in [0.5, 0.6) is 11.5 Å². The van der Waals surface area contributed by atoms with Gasteiger partial charge in [-0.3, -0.25) is 0 Å². The van der Waals surface area contributed by atoms with Crippen LogP contribution in [0.4, 0.5) is 5.82 Å². The van der Waals surface area contributed by atoms with Crippen LogP contribution in [0.3, 0.4) is 0 Å². The molecule has 1 aromatic heterocycles. The van der Waals surface area contributed by atoms with Crippen LogP contribution in [-0.4, -0.2) is 19.2 Å². The quantitative estimate of drug-likeness (QED) is 0.784. The summed E-state index contributed by atoms with van der Waals surface area (Å²) in [4.78, 5) is 4.38. The molecule has 0 saturated heterocycles. The third-order valence-electron chi connectivity index (χ3n) is 3.89. The van der Waals surface area contributed by atoms with E-state index in [4.69, 9.17) is 15.2 Å². The minimum atomic E-state index is 0.195. The molecule has 0 radical (unpaired) electrons. The van der Waals surface area contributed by atoms with Crippen molar-refractivity contribution in [1.29, 1.82) is 5.26 Å². The fourth-order valence-corrected chi connectivity index (χ4v) is 2.63. The van der Waals surface area contributed by atoms with Gasteiger partial charge in [-0.2, -0.15) is 5.26 Å². The van der Waals surface area contributed by atoms with Gasteiger partial charge in [0.15, 0.2) is 0 Å². The lowest BCUT2D eigenvalue weighted by molar-refractivity contribution is 0.394. The van der Waals surface area contributed by atoms with Gasteiger partial charge in [-0.1, -0.05) is 30.3 Å². The van der Waals surface area contributed by atoms with Crippen LogP contribution < -0.4 is 15.2 Å². The molecule has 0 aliphatic rings. The number of rotatable bonds is 4. The summed E-state index contributed by atoms with van der Waals surface area (Å²) in [6.07, 6.45) is 0.